The molecule has 0 aromatic rings. The lowest BCUT2D eigenvalue weighted by molar-refractivity contribution is -0.157. The molecule has 0 aliphatic rings. The van der Waals surface area contributed by atoms with E-state index in [-0.39, 0.29) is 0 Å². The second kappa shape index (κ2) is 6.08. The molecule has 96 valence electrons. The predicted octanol–water partition coefficient (Wildman–Crippen LogP) is 2.91. The third kappa shape index (κ3) is 5.37. The number of ether oxygens (including phenoxy) is 1. The molecule has 0 aliphatic carbocycles. The number of aliphatic hydroxyl groups excluding tert-OH is 1. The summed E-state index contributed by atoms with van der Waals surface area (Å²) in [4.78, 5) is 11.4. The Morgan fingerprint density at radius 3 is 2.25 bits per heavy atom. The van der Waals surface area contributed by atoms with Gasteiger partial charge in [0.25, 0.3) is 0 Å². The lowest BCUT2D eigenvalue weighted by atomic mass is 9.84. The summed E-state index contributed by atoms with van der Waals surface area (Å²) in [7, 11) is 1.31. The van der Waals surface area contributed by atoms with Gasteiger partial charge in [-0.25, -0.2) is 0 Å². The number of methoxy groups -OCH3 is 1. The number of halogens is 2. The third-order valence-corrected chi connectivity index (χ3v) is 3.02. The summed E-state index contributed by atoms with van der Waals surface area (Å²) >= 11 is 11.6. The molecule has 0 amide bonds. The number of rotatable bonds is 6. The molecule has 0 spiro atoms. The van der Waals surface area contributed by atoms with Crippen molar-refractivity contribution in [3.05, 3.63) is 0 Å². The molecule has 0 saturated heterocycles. The van der Waals surface area contributed by atoms with Gasteiger partial charge in [0.1, 0.15) is 4.33 Å². The molecule has 3 nitrogen and oxygen atoms in total. The Hall–Kier alpha value is 0.01000. The second-order valence-corrected chi connectivity index (χ2v) is 6.55. The van der Waals surface area contributed by atoms with E-state index in [9.17, 15) is 9.90 Å². The SMILES string of the molecule is COC(=O)C(C)(C)[C@@H](O)CCCC(C)(Cl)Cl. The molecule has 0 aromatic carbocycles. The van der Waals surface area contributed by atoms with Crippen LogP contribution in [0.5, 0.6) is 0 Å². The van der Waals surface area contributed by atoms with E-state index in [1.807, 2.05) is 0 Å². The number of esters is 1. The molecule has 0 bridgehead atoms. The molecule has 0 rings (SSSR count). The summed E-state index contributed by atoms with van der Waals surface area (Å²) in [5.41, 5.74) is -0.899. The maximum Gasteiger partial charge on any atom is 0.313 e. The summed E-state index contributed by atoms with van der Waals surface area (Å²) in [6, 6.07) is 0. The molecular weight excluding hydrogens is 251 g/mol. The molecule has 0 aromatic heterocycles. The van der Waals surface area contributed by atoms with Crippen LogP contribution in [-0.4, -0.2) is 28.6 Å². The van der Waals surface area contributed by atoms with Crippen LogP contribution in [0, 0.1) is 5.41 Å². The Bertz CT molecular complexity index is 234. The van der Waals surface area contributed by atoms with Crippen molar-refractivity contribution in [2.75, 3.05) is 7.11 Å². The Labute approximate surface area is 107 Å². The molecule has 1 atom stereocenters. The highest BCUT2D eigenvalue weighted by molar-refractivity contribution is 6.48. The van der Waals surface area contributed by atoms with Crippen LogP contribution in [0.25, 0.3) is 0 Å². The van der Waals surface area contributed by atoms with Crippen LogP contribution in [0.1, 0.15) is 40.0 Å². The average Bonchev–Trinajstić information content (AvgIpc) is 2.14. The molecular formula is C11H20Cl2O3. The van der Waals surface area contributed by atoms with Gasteiger partial charge in [0.05, 0.1) is 18.6 Å². The van der Waals surface area contributed by atoms with Crippen molar-refractivity contribution in [1.82, 2.24) is 0 Å². The van der Waals surface area contributed by atoms with Gasteiger partial charge in [-0.15, -0.1) is 23.2 Å². The number of alkyl halides is 2. The lowest BCUT2D eigenvalue weighted by Crippen LogP contribution is -2.38. The molecule has 0 heterocycles. The highest BCUT2D eigenvalue weighted by atomic mass is 35.5. The first-order valence-corrected chi connectivity index (χ1v) is 6.01. The zero-order valence-corrected chi connectivity index (χ0v) is 11.7. The molecule has 0 fully saturated rings. The molecule has 0 aliphatic heterocycles. The van der Waals surface area contributed by atoms with Gasteiger partial charge in [0.2, 0.25) is 0 Å². The Morgan fingerprint density at radius 2 is 1.88 bits per heavy atom. The van der Waals surface area contributed by atoms with Crippen LogP contribution in [0.4, 0.5) is 0 Å². The van der Waals surface area contributed by atoms with Crippen molar-refractivity contribution >= 4 is 29.2 Å². The normalized spacial score (nSPS) is 14.7. The van der Waals surface area contributed by atoms with Crippen LogP contribution in [0.2, 0.25) is 0 Å². The zero-order chi connectivity index (χ0) is 13.0. The van der Waals surface area contributed by atoms with Gasteiger partial charge in [-0.2, -0.15) is 0 Å². The first-order valence-electron chi connectivity index (χ1n) is 5.25. The molecule has 0 radical (unpaired) electrons. The van der Waals surface area contributed by atoms with Gasteiger partial charge < -0.3 is 9.84 Å². The highest BCUT2D eigenvalue weighted by Gasteiger charge is 2.36. The standard InChI is InChI=1S/C11H20Cl2O3/c1-10(2,9(15)16-4)8(14)6-5-7-11(3,12)13/h8,14H,5-7H2,1-4H3/t8-/m0/s1. The largest absolute Gasteiger partial charge is 0.469 e. The molecule has 1 N–H and O–H groups in total. The van der Waals surface area contributed by atoms with Gasteiger partial charge in [0.15, 0.2) is 0 Å². The summed E-state index contributed by atoms with van der Waals surface area (Å²) in [5.74, 6) is -0.417. The fourth-order valence-corrected chi connectivity index (χ4v) is 1.63. The quantitative estimate of drug-likeness (QED) is 0.597. The minimum absolute atomic E-state index is 0.417. The maximum absolute atomic E-state index is 11.4. The number of carbonyl (C=O) groups is 1. The van der Waals surface area contributed by atoms with Crippen molar-refractivity contribution in [2.24, 2.45) is 5.41 Å². The van der Waals surface area contributed by atoms with Crippen molar-refractivity contribution in [3.8, 4) is 0 Å². The van der Waals surface area contributed by atoms with E-state index in [4.69, 9.17) is 23.2 Å². The Kier molecular flexibility index (Phi) is 6.09. The fourth-order valence-electron chi connectivity index (χ4n) is 1.37. The summed E-state index contributed by atoms with van der Waals surface area (Å²) < 4.78 is 3.85. The minimum atomic E-state index is -0.899. The molecule has 0 unspecified atom stereocenters. The van der Waals surface area contributed by atoms with Gasteiger partial charge in [0, 0.05) is 0 Å². The van der Waals surface area contributed by atoms with E-state index in [0.29, 0.717) is 19.3 Å². The van der Waals surface area contributed by atoms with Crippen LogP contribution in [-0.2, 0) is 9.53 Å². The zero-order valence-electron chi connectivity index (χ0n) is 10.2. The van der Waals surface area contributed by atoms with E-state index in [1.165, 1.54) is 7.11 Å². The minimum Gasteiger partial charge on any atom is -0.469 e. The van der Waals surface area contributed by atoms with Gasteiger partial charge >= 0.3 is 5.97 Å². The van der Waals surface area contributed by atoms with E-state index >= 15 is 0 Å². The van der Waals surface area contributed by atoms with Crippen molar-refractivity contribution in [1.29, 1.82) is 0 Å². The van der Waals surface area contributed by atoms with Crippen molar-refractivity contribution in [2.45, 2.75) is 50.5 Å². The number of hydrogen-bond acceptors (Lipinski definition) is 3. The topological polar surface area (TPSA) is 46.5 Å². The summed E-state index contributed by atoms with van der Waals surface area (Å²) in [6.07, 6.45) is 0.947. The fraction of sp³-hybridized carbons (Fsp3) is 0.909. The monoisotopic (exact) mass is 270 g/mol. The molecule has 0 saturated carbocycles. The highest BCUT2D eigenvalue weighted by Crippen LogP contribution is 2.30. The summed E-state index contributed by atoms with van der Waals surface area (Å²) in [6.45, 7) is 5.02. The Morgan fingerprint density at radius 1 is 1.38 bits per heavy atom. The van der Waals surface area contributed by atoms with Crippen LogP contribution in [0.3, 0.4) is 0 Å². The van der Waals surface area contributed by atoms with Gasteiger partial charge in [-0.1, -0.05) is 0 Å². The third-order valence-electron chi connectivity index (χ3n) is 2.64. The van der Waals surface area contributed by atoms with Gasteiger partial charge in [-0.3, -0.25) is 4.79 Å². The van der Waals surface area contributed by atoms with Crippen molar-refractivity contribution in [3.63, 3.8) is 0 Å². The van der Waals surface area contributed by atoms with Crippen LogP contribution in [0.15, 0.2) is 0 Å². The smallest absolute Gasteiger partial charge is 0.313 e. The first kappa shape index (κ1) is 16.0. The number of aliphatic hydroxyl groups is 1. The Balaban J connectivity index is 4.15. The maximum atomic E-state index is 11.4. The van der Waals surface area contributed by atoms with Crippen LogP contribution < -0.4 is 0 Å². The number of hydrogen-bond donors (Lipinski definition) is 1. The van der Waals surface area contributed by atoms with Gasteiger partial charge in [-0.05, 0) is 40.0 Å². The van der Waals surface area contributed by atoms with E-state index < -0.39 is 21.8 Å². The molecule has 5 heteroatoms. The van der Waals surface area contributed by atoms with E-state index in [2.05, 4.69) is 4.74 Å². The lowest BCUT2D eigenvalue weighted by Gasteiger charge is -2.28. The first-order chi connectivity index (χ1) is 7.11. The average molecular weight is 271 g/mol. The summed E-state index contributed by atoms with van der Waals surface area (Å²) in [5, 5.41) is 9.89. The van der Waals surface area contributed by atoms with E-state index in [0.717, 1.165) is 0 Å². The predicted molar refractivity (Wildman–Crippen MR) is 65.8 cm³/mol. The molecule has 16 heavy (non-hydrogen) atoms. The number of carbonyl (C=O) groups excluding carboxylic acids is 1. The van der Waals surface area contributed by atoms with Crippen molar-refractivity contribution < 1.29 is 14.6 Å². The van der Waals surface area contributed by atoms with Crippen LogP contribution >= 0.6 is 23.2 Å². The second-order valence-electron chi connectivity index (χ2n) is 4.69. The van der Waals surface area contributed by atoms with E-state index in [1.54, 1.807) is 20.8 Å².